The highest BCUT2D eigenvalue weighted by Crippen LogP contribution is 2.23. The van der Waals surface area contributed by atoms with Crippen LogP contribution >= 0.6 is 0 Å². The third-order valence-electron chi connectivity index (χ3n) is 3.31. The van der Waals surface area contributed by atoms with E-state index >= 15 is 0 Å². The monoisotopic (exact) mass is 273 g/mol. The average Bonchev–Trinajstić information content (AvgIpc) is 2.25. The van der Waals surface area contributed by atoms with Gasteiger partial charge in [-0.2, -0.15) is 0 Å². The van der Waals surface area contributed by atoms with E-state index in [-0.39, 0.29) is 23.7 Å². The number of carbonyl (C=O) groups excluding carboxylic acids is 1. The number of rotatable bonds is 8. The lowest BCUT2D eigenvalue weighted by atomic mass is 9.93. The smallest absolute Gasteiger partial charge is 0.325 e. The van der Waals surface area contributed by atoms with Crippen LogP contribution in [0.4, 0.5) is 0 Å². The van der Waals surface area contributed by atoms with Crippen molar-refractivity contribution < 1.29 is 14.3 Å². The molecular weight excluding hydrogens is 242 g/mol. The molecule has 0 aliphatic heterocycles. The summed E-state index contributed by atoms with van der Waals surface area (Å²) in [6.07, 6.45) is 1.50. The summed E-state index contributed by atoms with van der Waals surface area (Å²) < 4.78 is 10.9. The van der Waals surface area contributed by atoms with Crippen LogP contribution < -0.4 is 5.32 Å². The van der Waals surface area contributed by atoms with Crippen LogP contribution in [-0.4, -0.2) is 36.4 Å². The summed E-state index contributed by atoms with van der Waals surface area (Å²) in [7, 11) is 1.42. The van der Waals surface area contributed by atoms with Gasteiger partial charge in [0.15, 0.2) is 0 Å². The molecule has 4 heteroatoms. The van der Waals surface area contributed by atoms with Crippen LogP contribution in [0.3, 0.4) is 0 Å². The maximum absolute atomic E-state index is 12.0. The quantitative estimate of drug-likeness (QED) is 0.691. The van der Waals surface area contributed by atoms with Crippen molar-refractivity contribution in [1.29, 1.82) is 0 Å². The minimum Gasteiger partial charge on any atom is -0.468 e. The summed E-state index contributed by atoms with van der Waals surface area (Å²) in [6, 6.07) is 0.204. The minimum atomic E-state index is -0.716. The van der Waals surface area contributed by atoms with Crippen molar-refractivity contribution in [3.05, 3.63) is 0 Å². The molecule has 0 aliphatic carbocycles. The highest BCUT2D eigenvalue weighted by atomic mass is 16.5. The van der Waals surface area contributed by atoms with Crippen LogP contribution in [0.25, 0.3) is 0 Å². The molecule has 114 valence electrons. The molecular formula is C15H31NO3. The van der Waals surface area contributed by atoms with Gasteiger partial charge in [0.05, 0.1) is 18.8 Å². The second-order valence-electron chi connectivity index (χ2n) is 6.37. The first-order chi connectivity index (χ1) is 8.56. The third-order valence-corrected chi connectivity index (χ3v) is 3.31. The Hall–Kier alpha value is -0.610. The van der Waals surface area contributed by atoms with Crippen molar-refractivity contribution in [1.82, 2.24) is 5.32 Å². The molecule has 0 rings (SSSR count). The zero-order valence-corrected chi connectivity index (χ0v) is 13.8. The summed E-state index contributed by atoms with van der Waals surface area (Å²) >= 11 is 0. The predicted molar refractivity (Wildman–Crippen MR) is 78.2 cm³/mol. The van der Waals surface area contributed by atoms with E-state index in [2.05, 4.69) is 26.1 Å². The van der Waals surface area contributed by atoms with Gasteiger partial charge in [-0.1, -0.05) is 6.92 Å². The van der Waals surface area contributed by atoms with Crippen molar-refractivity contribution >= 4 is 5.97 Å². The molecule has 0 spiro atoms. The van der Waals surface area contributed by atoms with Gasteiger partial charge in [0.2, 0.25) is 0 Å². The van der Waals surface area contributed by atoms with Crippen LogP contribution in [0.5, 0.6) is 0 Å². The largest absolute Gasteiger partial charge is 0.468 e. The predicted octanol–water partition coefficient (Wildman–Crippen LogP) is 2.90. The maximum Gasteiger partial charge on any atom is 0.325 e. The number of hydrogen-bond acceptors (Lipinski definition) is 4. The molecule has 0 heterocycles. The van der Waals surface area contributed by atoms with E-state index in [9.17, 15) is 4.79 Å². The molecule has 0 bridgehead atoms. The van der Waals surface area contributed by atoms with E-state index in [1.807, 2.05) is 27.7 Å². The van der Waals surface area contributed by atoms with Gasteiger partial charge in [-0.3, -0.25) is 10.1 Å². The van der Waals surface area contributed by atoms with Crippen LogP contribution in [0.1, 0.15) is 61.3 Å². The van der Waals surface area contributed by atoms with Crippen molar-refractivity contribution in [2.45, 2.75) is 84.6 Å². The Kier molecular flexibility index (Phi) is 7.01. The number of carbonyl (C=O) groups is 1. The summed E-state index contributed by atoms with van der Waals surface area (Å²) in [5.74, 6) is -0.244. The first-order valence-electron chi connectivity index (χ1n) is 7.10. The zero-order chi connectivity index (χ0) is 15.3. The van der Waals surface area contributed by atoms with Gasteiger partial charge in [0.1, 0.15) is 5.54 Å². The molecule has 0 aromatic rings. The molecule has 0 radical (unpaired) electrons. The normalized spacial score (nSPS) is 17.1. The Balaban J connectivity index is 4.78. The SMILES string of the molecule is CCC(C)(C)OC(C)CC(C)(NC(C)C)C(=O)OC. The van der Waals surface area contributed by atoms with E-state index in [0.717, 1.165) is 6.42 Å². The standard InChI is InChI=1S/C15H31NO3/c1-9-14(5,6)19-12(4)10-15(7,13(17)18-8)16-11(2)3/h11-12,16H,9-10H2,1-8H3. The lowest BCUT2D eigenvalue weighted by Crippen LogP contribution is -2.55. The number of ether oxygens (including phenoxy) is 2. The summed E-state index contributed by atoms with van der Waals surface area (Å²) in [5.41, 5.74) is -0.888. The zero-order valence-electron chi connectivity index (χ0n) is 13.8. The van der Waals surface area contributed by atoms with E-state index in [1.165, 1.54) is 7.11 Å². The summed E-state index contributed by atoms with van der Waals surface area (Å²) in [4.78, 5) is 12.0. The average molecular weight is 273 g/mol. The van der Waals surface area contributed by atoms with Crippen LogP contribution in [-0.2, 0) is 14.3 Å². The Morgan fingerprint density at radius 2 is 1.74 bits per heavy atom. The number of esters is 1. The number of hydrogen-bond donors (Lipinski definition) is 1. The molecule has 0 saturated carbocycles. The fraction of sp³-hybridized carbons (Fsp3) is 0.933. The van der Waals surface area contributed by atoms with E-state index in [1.54, 1.807) is 0 Å². The van der Waals surface area contributed by atoms with Gasteiger partial charge in [-0.05, 0) is 48.0 Å². The van der Waals surface area contributed by atoms with Crippen molar-refractivity contribution in [2.24, 2.45) is 0 Å². The minimum absolute atomic E-state index is 0.0229. The Bertz CT molecular complexity index is 289. The molecule has 2 unspecified atom stereocenters. The summed E-state index contributed by atoms with van der Waals surface area (Å²) in [6.45, 7) is 14.1. The molecule has 0 fully saturated rings. The Morgan fingerprint density at radius 3 is 2.11 bits per heavy atom. The molecule has 0 saturated heterocycles. The molecule has 0 aliphatic rings. The van der Waals surface area contributed by atoms with Crippen molar-refractivity contribution in [3.63, 3.8) is 0 Å². The lowest BCUT2D eigenvalue weighted by molar-refractivity contribution is -0.152. The summed E-state index contributed by atoms with van der Waals surface area (Å²) in [5, 5.41) is 3.29. The fourth-order valence-electron chi connectivity index (χ4n) is 2.31. The Morgan fingerprint density at radius 1 is 1.21 bits per heavy atom. The molecule has 2 atom stereocenters. The van der Waals surface area contributed by atoms with Crippen molar-refractivity contribution in [2.75, 3.05) is 7.11 Å². The van der Waals surface area contributed by atoms with E-state index in [0.29, 0.717) is 6.42 Å². The van der Waals surface area contributed by atoms with E-state index < -0.39 is 5.54 Å². The Labute approximate surface area is 118 Å². The van der Waals surface area contributed by atoms with Gasteiger partial charge < -0.3 is 9.47 Å². The number of nitrogens with one attached hydrogen (secondary N) is 1. The van der Waals surface area contributed by atoms with Crippen LogP contribution in [0.2, 0.25) is 0 Å². The lowest BCUT2D eigenvalue weighted by Gasteiger charge is -2.35. The molecule has 4 nitrogen and oxygen atoms in total. The van der Waals surface area contributed by atoms with Gasteiger partial charge in [-0.15, -0.1) is 0 Å². The first-order valence-corrected chi connectivity index (χ1v) is 7.10. The van der Waals surface area contributed by atoms with Crippen molar-refractivity contribution in [3.8, 4) is 0 Å². The molecule has 19 heavy (non-hydrogen) atoms. The highest BCUT2D eigenvalue weighted by Gasteiger charge is 2.37. The van der Waals surface area contributed by atoms with Gasteiger partial charge in [0.25, 0.3) is 0 Å². The third kappa shape index (κ3) is 6.39. The molecule has 0 aromatic carbocycles. The topological polar surface area (TPSA) is 47.6 Å². The first kappa shape index (κ1) is 18.4. The molecule has 0 amide bonds. The van der Waals surface area contributed by atoms with Crippen LogP contribution in [0, 0.1) is 0 Å². The second-order valence-corrected chi connectivity index (χ2v) is 6.37. The van der Waals surface area contributed by atoms with Gasteiger partial charge in [-0.25, -0.2) is 0 Å². The number of methoxy groups -OCH3 is 1. The molecule has 0 aromatic heterocycles. The second kappa shape index (κ2) is 7.25. The highest BCUT2D eigenvalue weighted by molar-refractivity contribution is 5.80. The van der Waals surface area contributed by atoms with Gasteiger partial charge in [0, 0.05) is 12.5 Å². The van der Waals surface area contributed by atoms with E-state index in [4.69, 9.17) is 9.47 Å². The molecule has 1 N–H and O–H groups in total. The van der Waals surface area contributed by atoms with Gasteiger partial charge >= 0.3 is 5.97 Å². The maximum atomic E-state index is 12.0. The van der Waals surface area contributed by atoms with Crippen LogP contribution in [0.15, 0.2) is 0 Å². The fourth-order valence-corrected chi connectivity index (χ4v) is 2.31.